The largest absolute Gasteiger partial charge is 0.467 e. The molecule has 0 saturated carbocycles. The maximum absolute atomic E-state index is 12.0. The molecular weight excluding hydrogens is 296 g/mol. The minimum atomic E-state index is -0.280. The lowest BCUT2D eigenvalue weighted by atomic mass is 10.2. The first kappa shape index (κ1) is 16.7. The van der Waals surface area contributed by atoms with E-state index in [1.165, 1.54) is 6.26 Å². The van der Waals surface area contributed by atoms with E-state index in [0.717, 1.165) is 0 Å². The van der Waals surface area contributed by atoms with E-state index in [1.54, 1.807) is 35.2 Å². The average Bonchev–Trinajstić information content (AvgIpc) is 2.97. The molecule has 0 fully saturated rings. The Morgan fingerprint density at radius 3 is 2.26 bits per heavy atom. The summed E-state index contributed by atoms with van der Waals surface area (Å²) in [7, 11) is 3.65. The van der Waals surface area contributed by atoms with E-state index in [2.05, 4.69) is 10.6 Å². The molecule has 7 heteroatoms. The fourth-order valence-corrected chi connectivity index (χ4v) is 1.93. The molecule has 4 N–H and O–H groups in total. The Bertz CT molecular complexity index is 677. The van der Waals surface area contributed by atoms with Crippen molar-refractivity contribution in [3.05, 3.63) is 47.9 Å². The van der Waals surface area contributed by atoms with Crippen LogP contribution in [0, 0.1) is 0 Å². The van der Waals surface area contributed by atoms with E-state index in [0.29, 0.717) is 29.2 Å². The number of hydrogen-bond acceptors (Lipinski definition) is 5. The molecule has 0 aliphatic carbocycles. The van der Waals surface area contributed by atoms with Crippen molar-refractivity contribution in [2.24, 2.45) is 5.73 Å². The Balaban J connectivity index is 1.94. The van der Waals surface area contributed by atoms with Crippen LogP contribution >= 0.6 is 0 Å². The van der Waals surface area contributed by atoms with Crippen molar-refractivity contribution in [2.45, 2.75) is 6.54 Å². The third-order valence-electron chi connectivity index (χ3n) is 3.00. The topological polar surface area (TPSA) is 101 Å². The van der Waals surface area contributed by atoms with Crippen LogP contribution in [0.5, 0.6) is 0 Å². The van der Waals surface area contributed by atoms with Crippen LogP contribution in [-0.4, -0.2) is 37.4 Å². The fourth-order valence-electron chi connectivity index (χ4n) is 1.93. The van der Waals surface area contributed by atoms with Crippen molar-refractivity contribution < 1.29 is 14.0 Å². The first-order valence-electron chi connectivity index (χ1n) is 7.11. The van der Waals surface area contributed by atoms with Gasteiger partial charge in [-0.05, 0) is 44.4 Å². The molecule has 2 aromatic rings. The molecule has 1 heterocycles. The van der Waals surface area contributed by atoms with Crippen LogP contribution in [-0.2, 0) is 11.3 Å². The highest BCUT2D eigenvalue weighted by Gasteiger charge is 2.10. The van der Waals surface area contributed by atoms with E-state index < -0.39 is 0 Å². The summed E-state index contributed by atoms with van der Waals surface area (Å²) < 4.78 is 5.13. The average molecular weight is 316 g/mol. The second kappa shape index (κ2) is 7.57. The van der Waals surface area contributed by atoms with Crippen LogP contribution < -0.4 is 16.4 Å². The van der Waals surface area contributed by atoms with Gasteiger partial charge >= 0.3 is 0 Å². The lowest BCUT2D eigenvalue weighted by Crippen LogP contribution is -2.27. The molecule has 0 aliphatic rings. The first-order chi connectivity index (χ1) is 11.0. The minimum absolute atomic E-state index is 0.0977. The highest BCUT2D eigenvalue weighted by Crippen LogP contribution is 2.15. The highest BCUT2D eigenvalue weighted by molar-refractivity contribution is 6.04. The van der Waals surface area contributed by atoms with Gasteiger partial charge in [-0.15, -0.1) is 0 Å². The van der Waals surface area contributed by atoms with Crippen LogP contribution in [0.4, 0.5) is 11.4 Å². The predicted molar refractivity (Wildman–Crippen MR) is 88.2 cm³/mol. The zero-order valence-corrected chi connectivity index (χ0v) is 13.1. The summed E-state index contributed by atoms with van der Waals surface area (Å²) in [5.74, 6) is 0.173. The van der Waals surface area contributed by atoms with Gasteiger partial charge in [-0.1, -0.05) is 0 Å². The number of carbonyl (C=O) groups is 2. The van der Waals surface area contributed by atoms with Crippen LogP contribution in [0.15, 0.2) is 41.0 Å². The molecule has 0 bridgehead atoms. The van der Waals surface area contributed by atoms with Crippen LogP contribution in [0.2, 0.25) is 0 Å². The van der Waals surface area contributed by atoms with Gasteiger partial charge in [0.05, 0.1) is 18.7 Å². The van der Waals surface area contributed by atoms with E-state index in [-0.39, 0.29) is 18.4 Å². The van der Waals surface area contributed by atoms with Gasteiger partial charge in [-0.25, -0.2) is 0 Å². The van der Waals surface area contributed by atoms with Crippen LogP contribution in [0.3, 0.4) is 0 Å². The molecule has 0 saturated heterocycles. The number of hydrogen-bond donors (Lipinski definition) is 3. The van der Waals surface area contributed by atoms with Crippen molar-refractivity contribution in [2.75, 3.05) is 31.3 Å². The molecule has 7 nitrogen and oxygen atoms in total. The van der Waals surface area contributed by atoms with Gasteiger partial charge in [0, 0.05) is 11.4 Å². The van der Waals surface area contributed by atoms with Gasteiger partial charge in [0.1, 0.15) is 12.0 Å². The predicted octanol–water partition coefficient (Wildman–Crippen LogP) is 1.49. The normalized spacial score (nSPS) is 10.6. The summed E-state index contributed by atoms with van der Waals surface area (Å²) in [5, 5.41) is 5.52. The number of furan rings is 1. The molecule has 2 rings (SSSR count). The summed E-state index contributed by atoms with van der Waals surface area (Å²) in [6, 6.07) is 8.49. The summed E-state index contributed by atoms with van der Waals surface area (Å²) in [4.78, 5) is 25.5. The summed E-state index contributed by atoms with van der Waals surface area (Å²) >= 11 is 0. The second-order valence-electron chi connectivity index (χ2n) is 5.32. The molecular formula is C16H20N4O3. The Morgan fingerprint density at radius 1 is 1.13 bits per heavy atom. The molecule has 0 radical (unpaired) electrons. The van der Waals surface area contributed by atoms with Gasteiger partial charge in [-0.2, -0.15) is 0 Å². The van der Waals surface area contributed by atoms with Gasteiger partial charge in [0.15, 0.2) is 0 Å². The quantitative estimate of drug-likeness (QED) is 0.749. The smallest absolute Gasteiger partial charge is 0.258 e. The zero-order chi connectivity index (χ0) is 16.8. The van der Waals surface area contributed by atoms with Gasteiger partial charge in [-0.3, -0.25) is 9.59 Å². The van der Waals surface area contributed by atoms with Crippen molar-refractivity contribution in [1.82, 2.24) is 4.90 Å². The number of amides is 2. The number of carbonyl (C=O) groups excluding carboxylic acids is 2. The molecule has 0 unspecified atom stereocenters. The molecule has 2 amide bonds. The van der Waals surface area contributed by atoms with Crippen LogP contribution in [0.1, 0.15) is 16.1 Å². The van der Waals surface area contributed by atoms with Crippen molar-refractivity contribution in [1.29, 1.82) is 0 Å². The molecule has 0 atom stereocenters. The molecule has 0 spiro atoms. The Morgan fingerprint density at radius 2 is 1.74 bits per heavy atom. The summed E-state index contributed by atoms with van der Waals surface area (Å²) in [6.45, 7) is 0.553. The zero-order valence-electron chi connectivity index (χ0n) is 13.1. The summed E-state index contributed by atoms with van der Waals surface area (Å²) in [5.41, 5.74) is 7.14. The SMILES string of the molecule is CN(C)CC(=O)Nc1ccc(NC(=O)c2coc(CN)c2)cc1. The lowest BCUT2D eigenvalue weighted by molar-refractivity contribution is -0.116. The number of benzene rings is 1. The molecule has 122 valence electrons. The van der Waals surface area contributed by atoms with Crippen molar-refractivity contribution >= 4 is 23.2 Å². The third kappa shape index (κ3) is 4.94. The van der Waals surface area contributed by atoms with Crippen molar-refractivity contribution in [3.63, 3.8) is 0 Å². The Labute approximate surface area is 134 Å². The molecule has 23 heavy (non-hydrogen) atoms. The number of nitrogens with two attached hydrogens (primary N) is 1. The standard InChI is InChI=1S/C16H20N4O3/c1-20(2)9-15(21)18-12-3-5-13(6-4-12)19-16(22)11-7-14(8-17)23-10-11/h3-7,10H,8-9,17H2,1-2H3,(H,18,21)(H,19,22). The van der Waals surface area contributed by atoms with Crippen LogP contribution in [0.25, 0.3) is 0 Å². The second-order valence-corrected chi connectivity index (χ2v) is 5.32. The van der Waals surface area contributed by atoms with Gasteiger partial charge in [0.25, 0.3) is 5.91 Å². The van der Waals surface area contributed by atoms with E-state index in [1.807, 2.05) is 14.1 Å². The first-order valence-corrected chi connectivity index (χ1v) is 7.11. The number of nitrogens with zero attached hydrogens (tertiary/aromatic N) is 1. The number of rotatable bonds is 6. The number of anilines is 2. The Hall–Kier alpha value is -2.64. The van der Waals surface area contributed by atoms with E-state index >= 15 is 0 Å². The third-order valence-corrected chi connectivity index (χ3v) is 3.00. The lowest BCUT2D eigenvalue weighted by Gasteiger charge is -2.10. The minimum Gasteiger partial charge on any atom is -0.467 e. The molecule has 0 aliphatic heterocycles. The Kier molecular flexibility index (Phi) is 5.51. The van der Waals surface area contributed by atoms with E-state index in [4.69, 9.17) is 10.2 Å². The van der Waals surface area contributed by atoms with Crippen molar-refractivity contribution in [3.8, 4) is 0 Å². The highest BCUT2D eigenvalue weighted by atomic mass is 16.3. The maximum Gasteiger partial charge on any atom is 0.258 e. The summed E-state index contributed by atoms with van der Waals surface area (Å²) in [6.07, 6.45) is 1.37. The number of likely N-dealkylation sites (N-methyl/N-ethyl adjacent to an activating group) is 1. The monoisotopic (exact) mass is 316 g/mol. The molecule has 1 aromatic carbocycles. The van der Waals surface area contributed by atoms with E-state index in [9.17, 15) is 9.59 Å². The fraction of sp³-hybridized carbons (Fsp3) is 0.250. The number of nitrogens with one attached hydrogen (secondary N) is 2. The maximum atomic E-state index is 12.0. The van der Waals surface area contributed by atoms with Gasteiger partial charge in [0.2, 0.25) is 5.91 Å². The molecule has 1 aromatic heterocycles. The van der Waals surface area contributed by atoms with Gasteiger partial charge < -0.3 is 25.7 Å².